The normalized spacial score (nSPS) is 21.4. The van der Waals surface area contributed by atoms with Gasteiger partial charge in [-0.3, -0.25) is 4.79 Å². The van der Waals surface area contributed by atoms with E-state index in [1.807, 2.05) is 45.0 Å². The highest BCUT2D eigenvalue weighted by Gasteiger charge is 2.53. The van der Waals surface area contributed by atoms with E-state index in [-0.39, 0.29) is 12.0 Å². The predicted octanol–water partition coefficient (Wildman–Crippen LogP) is 3.99. The molecule has 8 heteroatoms. The number of nitrogens with zero attached hydrogens (tertiary/aromatic N) is 1. The lowest BCUT2D eigenvalue weighted by Crippen LogP contribution is -2.41. The number of amides is 2. The minimum atomic E-state index is -4.66. The molecule has 1 aromatic carbocycles. The van der Waals surface area contributed by atoms with Crippen LogP contribution in [0.5, 0.6) is 0 Å². The van der Waals surface area contributed by atoms with Gasteiger partial charge in [-0.15, -0.1) is 0 Å². The number of carbonyl (C=O) groups excluding carboxylic acids is 1. The summed E-state index contributed by atoms with van der Waals surface area (Å²) in [5.41, 5.74) is 1.88. The maximum absolute atomic E-state index is 13.1. The Morgan fingerprint density at radius 1 is 1.26 bits per heavy atom. The summed E-state index contributed by atoms with van der Waals surface area (Å²) in [6, 6.07) is 6.49. The van der Waals surface area contributed by atoms with Crippen molar-refractivity contribution >= 4 is 12.0 Å². The zero-order valence-corrected chi connectivity index (χ0v) is 15.6. The Labute approximate surface area is 156 Å². The molecule has 0 bridgehead atoms. The second kappa shape index (κ2) is 8.19. The van der Waals surface area contributed by atoms with Crippen LogP contribution in [0.4, 0.5) is 18.0 Å². The van der Waals surface area contributed by atoms with E-state index >= 15 is 0 Å². The molecule has 5 nitrogen and oxygen atoms in total. The fraction of sp³-hybridized carbons (Fsp3) is 0.579. The van der Waals surface area contributed by atoms with E-state index in [0.29, 0.717) is 6.42 Å². The molecule has 1 aromatic rings. The maximum Gasteiger partial charge on any atom is 0.394 e. The topological polar surface area (TPSA) is 69.6 Å². The molecule has 2 rings (SSSR count). The molecule has 3 atom stereocenters. The van der Waals surface area contributed by atoms with Crippen LogP contribution in [0.25, 0.3) is 0 Å². The van der Waals surface area contributed by atoms with Gasteiger partial charge in [0.15, 0.2) is 0 Å². The number of urea groups is 1. The van der Waals surface area contributed by atoms with Crippen LogP contribution in [0.2, 0.25) is 0 Å². The van der Waals surface area contributed by atoms with Gasteiger partial charge in [0.1, 0.15) is 0 Å². The average molecular weight is 386 g/mol. The molecule has 1 heterocycles. The standard InChI is InChI=1S/C19H25F3N2O3/c1-11(2)8-16(13-7-5-4-6-12(13)3)23-18(27)24-9-14(17(25)26)15(10-24)19(20,21)22/h4-7,11,14-16H,8-10H2,1-3H3,(H,23,27)(H,25,26)/t14-,15-,16?/m1/s1. The Morgan fingerprint density at radius 3 is 2.37 bits per heavy atom. The summed E-state index contributed by atoms with van der Waals surface area (Å²) in [4.78, 5) is 24.8. The SMILES string of the molecule is Cc1ccccc1C(CC(C)C)NC(=O)N1C[C@@H](C(F)(F)F)[C@H](C(=O)O)C1. The summed E-state index contributed by atoms with van der Waals surface area (Å²) in [7, 11) is 0. The number of aliphatic carboxylic acids is 1. The molecule has 2 amide bonds. The van der Waals surface area contributed by atoms with Crippen LogP contribution in [-0.2, 0) is 4.79 Å². The zero-order chi connectivity index (χ0) is 20.4. The molecule has 0 aromatic heterocycles. The third kappa shape index (κ3) is 5.14. The number of hydrogen-bond acceptors (Lipinski definition) is 2. The van der Waals surface area contributed by atoms with E-state index in [0.717, 1.165) is 16.0 Å². The van der Waals surface area contributed by atoms with Crippen LogP contribution >= 0.6 is 0 Å². The lowest BCUT2D eigenvalue weighted by Gasteiger charge is -2.26. The number of likely N-dealkylation sites (tertiary alicyclic amines) is 1. The smallest absolute Gasteiger partial charge is 0.394 e. The molecule has 0 radical (unpaired) electrons. The second-order valence-corrected chi connectivity index (χ2v) is 7.49. The number of benzene rings is 1. The van der Waals surface area contributed by atoms with Gasteiger partial charge in [-0.2, -0.15) is 13.2 Å². The summed E-state index contributed by atoms with van der Waals surface area (Å²) >= 11 is 0. The van der Waals surface area contributed by atoms with E-state index in [1.54, 1.807) is 0 Å². The van der Waals surface area contributed by atoms with Crippen LogP contribution in [-0.4, -0.2) is 41.3 Å². The van der Waals surface area contributed by atoms with Crippen molar-refractivity contribution in [2.24, 2.45) is 17.8 Å². The first kappa shape index (κ1) is 21.1. The quantitative estimate of drug-likeness (QED) is 0.804. The molecule has 2 N–H and O–H groups in total. The highest BCUT2D eigenvalue weighted by Crippen LogP contribution is 2.38. The van der Waals surface area contributed by atoms with Crippen LogP contribution in [0.3, 0.4) is 0 Å². The number of rotatable bonds is 5. The fourth-order valence-electron chi connectivity index (χ4n) is 3.50. The number of carboxylic acid groups (broad SMARTS) is 1. The number of aryl methyl sites for hydroxylation is 1. The van der Waals surface area contributed by atoms with E-state index < -0.39 is 43.1 Å². The number of hydrogen-bond donors (Lipinski definition) is 2. The van der Waals surface area contributed by atoms with Gasteiger partial charge < -0.3 is 15.3 Å². The Morgan fingerprint density at radius 2 is 1.89 bits per heavy atom. The Balaban J connectivity index is 2.18. The van der Waals surface area contributed by atoms with Crippen molar-refractivity contribution in [3.8, 4) is 0 Å². The van der Waals surface area contributed by atoms with Gasteiger partial charge in [-0.25, -0.2) is 4.79 Å². The summed E-state index contributed by atoms with van der Waals surface area (Å²) < 4.78 is 39.4. The molecule has 0 spiro atoms. The molecule has 1 unspecified atom stereocenters. The van der Waals surface area contributed by atoms with Crippen molar-refractivity contribution in [2.45, 2.75) is 39.4 Å². The van der Waals surface area contributed by atoms with Gasteiger partial charge in [0, 0.05) is 13.1 Å². The van der Waals surface area contributed by atoms with Crippen LogP contribution < -0.4 is 5.32 Å². The Hall–Kier alpha value is -2.25. The monoisotopic (exact) mass is 386 g/mol. The highest BCUT2D eigenvalue weighted by atomic mass is 19.4. The number of halogens is 3. The number of alkyl halides is 3. The number of nitrogens with one attached hydrogen (secondary N) is 1. The largest absolute Gasteiger partial charge is 0.481 e. The molecule has 27 heavy (non-hydrogen) atoms. The van der Waals surface area contributed by atoms with Gasteiger partial charge >= 0.3 is 18.2 Å². The number of carboxylic acids is 1. The molecule has 0 saturated carbocycles. The summed E-state index contributed by atoms with van der Waals surface area (Å²) in [6.45, 7) is 4.80. The van der Waals surface area contributed by atoms with Crippen molar-refractivity contribution < 1.29 is 27.9 Å². The first-order valence-corrected chi connectivity index (χ1v) is 8.91. The molecule has 150 valence electrons. The van der Waals surface area contributed by atoms with Crippen LogP contribution in [0.15, 0.2) is 24.3 Å². The van der Waals surface area contributed by atoms with E-state index in [9.17, 15) is 22.8 Å². The molecule has 1 aliphatic rings. The first-order chi connectivity index (χ1) is 12.5. The third-order valence-electron chi connectivity index (χ3n) is 4.91. The maximum atomic E-state index is 13.1. The molecule has 1 aliphatic heterocycles. The molecule has 1 saturated heterocycles. The van der Waals surface area contributed by atoms with Gasteiger partial charge in [0.2, 0.25) is 0 Å². The zero-order valence-electron chi connectivity index (χ0n) is 15.6. The average Bonchev–Trinajstić information content (AvgIpc) is 3.00. The summed E-state index contributed by atoms with van der Waals surface area (Å²) in [6.07, 6.45) is -4.04. The second-order valence-electron chi connectivity index (χ2n) is 7.49. The minimum Gasteiger partial charge on any atom is -0.481 e. The minimum absolute atomic E-state index is 0.253. The third-order valence-corrected chi connectivity index (χ3v) is 4.91. The lowest BCUT2D eigenvalue weighted by atomic mass is 9.94. The van der Waals surface area contributed by atoms with Gasteiger partial charge in [0.25, 0.3) is 0 Å². The predicted molar refractivity (Wildman–Crippen MR) is 94.2 cm³/mol. The molecular weight excluding hydrogens is 361 g/mol. The molecular formula is C19H25F3N2O3. The van der Waals surface area contributed by atoms with E-state index in [4.69, 9.17) is 5.11 Å². The molecule has 1 fully saturated rings. The first-order valence-electron chi connectivity index (χ1n) is 8.91. The summed E-state index contributed by atoms with van der Waals surface area (Å²) in [5, 5.41) is 11.9. The van der Waals surface area contributed by atoms with Crippen molar-refractivity contribution in [3.63, 3.8) is 0 Å². The molecule has 0 aliphatic carbocycles. The van der Waals surface area contributed by atoms with E-state index in [2.05, 4.69) is 5.32 Å². The van der Waals surface area contributed by atoms with Crippen molar-refractivity contribution in [2.75, 3.05) is 13.1 Å². The Bertz CT molecular complexity index is 691. The highest BCUT2D eigenvalue weighted by molar-refractivity contribution is 5.78. The summed E-state index contributed by atoms with van der Waals surface area (Å²) in [5.74, 6) is -4.98. The van der Waals surface area contributed by atoms with Gasteiger partial charge in [0.05, 0.1) is 17.9 Å². The van der Waals surface area contributed by atoms with E-state index in [1.165, 1.54) is 0 Å². The van der Waals surface area contributed by atoms with Gasteiger partial charge in [-0.05, 0) is 30.4 Å². The fourth-order valence-corrected chi connectivity index (χ4v) is 3.50. The van der Waals surface area contributed by atoms with Gasteiger partial charge in [-0.1, -0.05) is 38.1 Å². The number of carbonyl (C=O) groups is 2. The van der Waals surface area contributed by atoms with Crippen molar-refractivity contribution in [3.05, 3.63) is 35.4 Å². The van der Waals surface area contributed by atoms with Crippen LogP contribution in [0.1, 0.15) is 37.4 Å². The lowest BCUT2D eigenvalue weighted by molar-refractivity contribution is -0.187. The van der Waals surface area contributed by atoms with Crippen LogP contribution in [0, 0.1) is 24.7 Å². The Kier molecular flexibility index (Phi) is 6.38. The van der Waals surface area contributed by atoms with Crippen molar-refractivity contribution in [1.82, 2.24) is 10.2 Å². The van der Waals surface area contributed by atoms with Crippen molar-refractivity contribution in [1.29, 1.82) is 0 Å².